The van der Waals surface area contributed by atoms with Crippen molar-refractivity contribution in [3.8, 4) is 0 Å². The lowest BCUT2D eigenvalue weighted by Crippen LogP contribution is -2.41. The molecular formula is C14H23ClN2O3S. The summed E-state index contributed by atoms with van der Waals surface area (Å²) >= 11 is 5.96. The molecule has 0 saturated carbocycles. The fourth-order valence-electron chi connectivity index (χ4n) is 1.75. The maximum Gasteiger partial charge on any atom is 0.240 e. The van der Waals surface area contributed by atoms with Crippen molar-refractivity contribution >= 4 is 21.6 Å². The summed E-state index contributed by atoms with van der Waals surface area (Å²) in [6.07, 6.45) is 0. The van der Waals surface area contributed by atoms with Crippen LogP contribution in [0, 0.1) is 5.92 Å². The van der Waals surface area contributed by atoms with Crippen LogP contribution in [-0.2, 0) is 21.3 Å². The maximum absolute atomic E-state index is 12.4. The van der Waals surface area contributed by atoms with Gasteiger partial charge in [-0.3, -0.25) is 0 Å². The maximum atomic E-state index is 12.4. The molecule has 7 heteroatoms. The second kappa shape index (κ2) is 8.10. The second-order valence-electron chi connectivity index (χ2n) is 5.09. The largest absolute Gasteiger partial charge is 0.380 e. The molecule has 1 rings (SSSR count). The van der Waals surface area contributed by atoms with Crippen molar-refractivity contribution in [3.63, 3.8) is 0 Å². The highest BCUT2D eigenvalue weighted by Gasteiger charge is 2.23. The molecule has 1 aromatic rings. The van der Waals surface area contributed by atoms with Crippen LogP contribution in [0.4, 0.5) is 0 Å². The number of nitrogens with one attached hydrogen (secondary N) is 1. The van der Waals surface area contributed by atoms with Crippen molar-refractivity contribution in [1.82, 2.24) is 4.72 Å². The van der Waals surface area contributed by atoms with Crippen LogP contribution in [0.1, 0.15) is 26.3 Å². The van der Waals surface area contributed by atoms with Gasteiger partial charge in [0.15, 0.2) is 0 Å². The van der Waals surface area contributed by atoms with E-state index in [2.05, 4.69) is 4.72 Å². The molecule has 120 valence electrons. The minimum atomic E-state index is -3.63. The highest BCUT2D eigenvalue weighted by molar-refractivity contribution is 7.89. The van der Waals surface area contributed by atoms with Crippen molar-refractivity contribution in [2.45, 2.75) is 38.3 Å². The van der Waals surface area contributed by atoms with Gasteiger partial charge in [-0.2, -0.15) is 0 Å². The van der Waals surface area contributed by atoms with Crippen molar-refractivity contribution in [2.24, 2.45) is 11.7 Å². The summed E-state index contributed by atoms with van der Waals surface area (Å²) in [7, 11) is -3.63. The van der Waals surface area contributed by atoms with Crippen molar-refractivity contribution in [2.75, 3.05) is 13.2 Å². The minimum absolute atomic E-state index is 0.118. The summed E-state index contributed by atoms with van der Waals surface area (Å²) in [5.41, 5.74) is 6.16. The average molecular weight is 335 g/mol. The molecule has 0 saturated heterocycles. The summed E-state index contributed by atoms with van der Waals surface area (Å²) in [4.78, 5) is 0.162. The Morgan fingerprint density at radius 1 is 1.38 bits per heavy atom. The summed E-state index contributed by atoms with van der Waals surface area (Å²) in [6.45, 7) is 6.83. The quantitative estimate of drug-likeness (QED) is 0.763. The Labute approximate surface area is 131 Å². The van der Waals surface area contributed by atoms with Crippen LogP contribution in [0.15, 0.2) is 23.1 Å². The van der Waals surface area contributed by atoms with Gasteiger partial charge in [-0.1, -0.05) is 25.4 Å². The van der Waals surface area contributed by atoms with Gasteiger partial charge in [-0.05, 0) is 36.6 Å². The van der Waals surface area contributed by atoms with Crippen molar-refractivity contribution < 1.29 is 13.2 Å². The number of rotatable bonds is 8. The van der Waals surface area contributed by atoms with Gasteiger partial charge in [0.25, 0.3) is 0 Å². The molecule has 5 nitrogen and oxygen atoms in total. The number of sulfonamides is 1. The topological polar surface area (TPSA) is 81.4 Å². The zero-order valence-corrected chi connectivity index (χ0v) is 14.2. The zero-order valence-electron chi connectivity index (χ0n) is 12.6. The molecule has 1 unspecified atom stereocenters. The van der Waals surface area contributed by atoms with Gasteiger partial charge in [0.1, 0.15) is 0 Å². The molecule has 0 bridgehead atoms. The molecule has 0 aliphatic carbocycles. The van der Waals surface area contributed by atoms with Crippen LogP contribution in [0.2, 0.25) is 5.02 Å². The molecular weight excluding hydrogens is 312 g/mol. The van der Waals surface area contributed by atoms with E-state index in [9.17, 15) is 8.42 Å². The van der Waals surface area contributed by atoms with Gasteiger partial charge >= 0.3 is 0 Å². The first kappa shape index (κ1) is 18.4. The Hall–Kier alpha value is -0.660. The van der Waals surface area contributed by atoms with Gasteiger partial charge in [0.2, 0.25) is 10.0 Å². The summed E-state index contributed by atoms with van der Waals surface area (Å²) in [5, 5.41) is 0.464. The third-order valence-corrected chi connectivity index (χ3v) is 5.02. The smallest absolute Gasteiger partial charge is 0.240 e. The zero-order chi connectivity index (χ0) is 16.0. The summed E-state index contributed by atoms with van der Waals surface area (Å²) in [5.74, 6) is 0.118. The number of ether oxygens (including phenoxy) is 1. The SMILES string of the molecule is CCOCC(NS(=O)(=O)c1ccc(Cl)c(CN)c1)C(C)C. The highest BCUT2D eigenvalue weighted by Crippen LogP contribution is 2.20. The standard InChI is InChI=1S/C14H23ClN2O3S/c1-4-20-9-14(10(2)3)17-21(18,19)12-5-6-13(15)11(7-12)8-16/h5-7,10,14,17H,4,8-9,16H2,1-3H3. The Morgan fingerprint density at radius 2 is 2.05 bits per heavy atom. The van der Waals surface area contributed by atoms with E-state index >= 15 is 0 Å². The monoisotopic (exact) mass is 334 g/mol. The molecule has 0 amide bonds. The van der Waals surface area contributed by atoms with E-state index in [4.69, 9.17) is 22.1 Å². The Balaban J connectivity index is 2.98. The lowest BCUT2D eigenvalue weighted by atomic mass is 10.1. The van der Waals surface area contributed by atoms with E-state index in [1.165, 1.54) is 12.1 Å². The van der Waals surface area contributed by atoms with Crippen LogP contribution < -0.4 is 10.5 Å². The minimum Gasteiger partial charge on any atom is -0.380 e. The van der Waals surface area contributed by atoms with Gasteiger partial charge in [0, 0.05) is 24.2 Å². The Kier molecular flexibility index (Phi) is 7.09. The first-order valence-corrected chi connectivity index (χ1v) is 8.76. The van der Waals surface area contributed by atoms with E-state index in [0.29, 0.717) is 23.8 Å². The number of hydrogen-bond acceptors (Lipinski definition) is 4. The molecule has 0 aromatic heterocycles. The molecule has 0 spiro atoms. The number of nitrogens with two attached hydrogens (primary N) is 1. The molecule has 1 aromatic carbocycles. The van der Waals surface area contributed by atoms with Crippen LogP contribution in [0.5, 0.6) is 0 Å². The van der Waals surface area contributed by atoms with Gasteiger partial charge in [-0.15, -0.1) is 0 Å². The highest BCUT2D eigenvalue weighted by atomic mass is 35.5. The van der Waals surface area contributed by atoms with Gasteiger partial charge < -0.3 is 10.5 Å². The van der Waals surface area contributed by atoms with E-state index in [-0.39, 0.29) is 23.4 Å². The molecule has 0 aliphatic heterocycles. The number of benzene rings is 1. The van der Waals surface area contributed by atoms with E-state index in [1.54, 1.807) is 6.07 Å². The van der Waals surface area contributed by atoms with Crippen LogP contribution in [-0.4, -0.2) is 27.7 Å². The molecule has 0 heterocycles. The molecule has 21 heavy (non-hydrogen) atoms. The summed E-state index contributed by atoms with van der Waals surface area (Å²) < 4.78 is 32.9. The molecule has 0 radical (unpaired) electrons. The third kappa shape index (κ3) is 5.23. The Morgan fingerprint density at radius 3 is 2.57 bits per heavy atom. The van der Waals surface area contributed by atoms with E-state index in [0.717, 1.165) is 0 Å². The molecule has 3 N–H and O–H groups in total. The predicted octanol–water partition coefficient (Wildman–Crippen LogP) is 2.14. The van der Waals surface area contributed by atoms with Crippen LogP contribution >= 0.6 is 11.6 Å². The molecule has 1 atom stereocenters. The number of hydrogen-bond donors (Lipinski definition) is 2. The lowest BCUT2D eigenvalue weighted by Gasteiger charge is -2.22. The van der Waals surface area contributed by atoms with E-state index < -0.39 is 10.0 Å². The number of halogens is 1. The first-order valence-electron chi connectivity index (χ1n) is 6.90. The van der Waals surface area contributed by atoms with Crippen LogP contribution in [0.25, 0.3) is 0 Å². The Bertz CT molecular complexity index is 561. The van der Waals surface area contributed by atoms with Crippen LogP contribution in [0.3, 0.4) is 0 Å². The fraction of sp³-hybridized carbons (Fsp3) is 0.571. The molecule has 0 aliphatic rings. The van der Waals surface area contributed by atoms with E-state index in [1.807, 2.05) is 20.8 Å². The first-order chi connectivity index (χ1) is 9.81. The average Bonchev–Trinajstić information content (AvgIpc) is 2.43. The second-order valence-corrected chi connectivity index (χ2v) is 7.21. The normalized spacial score (nSPS) is 13.6. The fourth-order valence-corrected chi connectivity index (χ4v) is 3.36. The van der Waals surface area contributed by atoms with Gasteiger partial charge in [-0.25, -0.2) is 13.1 Å². The summed E-state index contributed by atoms with van der Waals surface area (Å²) in [6, 6.07) is 4.24. The lowest BCUT2D eigenvalue weighted by molar-refractivity contribution is 0.116. The van der Waals surface area contributed by atoms with Gasteiger partial charge in [0.05, 0.1) is 11.5 Å². The predicted molar refractivity (Wildman–Crippen MR) is 84.8 cm³/mol. The van der Waals surface area contributed by atoms with Crippen molar-refractivity contribution in [3.05, 3.63) is 28.8 Å². The third-order valence-electron chi connectivity index (χ3n) is 3.16. The van der Waals surface area contributed by atoms with Crippen molar-refractivity contribution in [1.29, 1.82) is 0 Å². The molecule has 0 fully saturated rings.